The lowest BCUT2D eigenvalue weighted by Crippen LogP contribution is -2.04. The van der Waals surface area contributed by atoms with Crippen LogP contribution in [-0.4, -0.2) is 23.1 Å². The average Bonchev–Trinajstić information content (AvgIpc) is 2.30. The van der Waals surface area contributed by atoms with E-state index in [1.165, 1.54) is 12.7 Å². The average molecular weight is 223 g/mol. The summed E-state index contributed by atoms with van der Waals surface area (Å²) in [6, 6.07) is 1.85. The Morgan fingerprint density at radius 1 is 1.19 bits per heavy atom. The molecule has 1 aromatic heterocycles. The zero-order chi connectivity index (χ0) is 11.6. The molecule has 0 aliphatic carbocycles. The monoisotopic (exact) mass is 223 g/mol. The summed E-state index contributed by atoms with van der Waals surface area (Å²) in [6.07, 6.45) is 6.05. The quantitative estimate of drug-likeness (QED) is 0.688. The number of hydrogen-bond acceptors (Lipinski definition) is 4. The van der Waals surface area contributed by atoms with Gasteiger partial charge >= 0.3 is 0 Å². The number of unbranched alkanes of at least 4 members (excludes halogenated alkanes) is 2. The predicted molar refractivity (Wildman–Crippen MR) is 65.8 cm³/mol. The molecule has 1 aromatic rings. The molecule has 0 radical (unpaired) electrons. The third kappa shape index (κ3) is 4.96. The third-order valence-corrected chi connectivity index (χ3v) is 2.23. The number of nitrogens with zero attached hydrogens (tertiary/aromatic N) is 2. The van der Waals surface area contributed by atoms with E-state index in [4.69, 9.17) is 4.74 Å². The highest BCUT2D eigenvalue weighted by atomic mass is 16.5. The van der Waals surface area contributed by atoms with E-state index in [1.807, 2.05) is 6.07 Å². The maximum atomic E-state index is 5.50. The van der Waals surface area contributed by atoms with Gasteiger partial charge in [0.15, 0.2) is 0 Å². The number of aromatic nitrogens is 2. The molecule has 0 unspecified atom stereocenters. The topological polar surface area (TPSA) is 47.0 Å². The van der Waals surface area contributed by atoms with Crippen LogP contribution in [0.4, 0.5) is 5.82 Å². The van der Waals surface area contributed by atoms with Crippen LogP contribution in [0.1, 0.15) is 39.5 Å². The Bertz CT molecular complexity index is 266. The lowest BCUT2D eigenvalue weighted by atomic mass is 10.3. The molecule has 4 heteroatoms. The van der Waals surface area contributed by atoms with Gasteiger partial charge in [-0.3, -0.25) is 0 Å². The molecule has 1 rings (SSSR count). The van der Waals surface area contributed by atoms with Gasteiger partial charge in [0.1, 0.15) is 12.1 Å². The van der Waals surface area contributed by atoms with Crippen molar-refractivity contribution in [3.8, 4) is 5.88 Å². The van der Waals surface area contributed by atoms with Gasteiger partial charge in [-0.2, -0.15) is 0 Å². The molecule has 0 bridgehead atoms. The molecule has 0 saturated carbocycles. The van der Waals surface area contributed by atoms with Crippen molar-refractivity contribution in [2.75, 3.05) is 18.5 Å². The first kappa shape index (κ1) is 12.7. The van der Waals surface area contributed by atoms with Crippen LogP contribution in [0, 0.1) is 0 Å². The zero-order valence-corrected chi connectivity index (χ0v) is 10.2. The van der Waals surface area contributed by atoms with Crippen LogP contribution >= 0.6 is 0 Å². The Balaban J connectivity index is 2.37. The Morgan fingerprint density at radius 2 is 2.00 bits per heavy atom. The van der Waals surface area contributed by atoms with E-state index in [2.05, 4.69) is 29.1 Å². The molecule has 0 aliphatic heterocycles. The smallest absolute Gasteiger partial charge is 0.218 e. The highest BCUT2D eigenvalue weighted by molar-refractivity contribution is 5.36. The van der Waals surface area contributed by atoms with Crippen LogP contribution in [0.15, 0.2) is 12.4 Å². The summed E-state index contributed by atoms with van der Waals surface area (Å²) in [6.45, 7) is 5.98. The van der Waals surface area contributed by atoms with Crippen molar-refractivity contribution >= 4 is 5.82 Å². The second-order valence-electron chi connectivity index (χ2n) is 3.72. The van der Waals surface area contributed by atoms with Crippen LogP contribution < -0.4 is 10.1 Å². The van der Waals surface area contributed by atoms with Gasteiger partial charge < -0.3 is 10.1 Å². The van der Waals surface area contributed by atoms with E-state index in [0.29, 0.717) is 5.88 Å². The number of nitrogens with one attached hydrogen (secondary N) is 1. The van der Waals surface area contributed by atoms with Gasteiger partial charge in [0.05, 0.1) is 6.61 Å². The molecular weight excluding hydrogens is 202 g/mol. The molecule has 0 amide bonds. The first-order chi connectivity index (χ1) is 7.86. The minimum atomic E-state index is 0.655. The van der Waals surface area contributed by atoms with Gasteiger partial charge in [0.2, 0.25) is 5.88 Å². The molecule has 16 heavy (non-hydrogen) atoms. The summed E-state index contributed by atoms with van der Waals surface area (Å²) in [7, 11) is 0. The lowest BCUT2D eigenvalue weighted by molar-refractivity contribution is 0.297. The van der Waals surface area contributed by atoms with E-state index >= 15 is 0 Å². The van der Waals surface area contributed by atoms with Crippen LogP contribution in [0.5, 0.6) is 5.88 Å². The van der Waals surface area contributed by atoms with Crippen LogP contribution in [0.3, 0.4) is 0 Å². The molecule has 90 valence electrons. The van der Waals surface area contributed by atoms with E-state index in [-0.39, 0.29) is 0 Å². The lowest BCUT2D eigenvalue weighted by Gasteiger charge is -2.07. The van der Waals surface area contributed by atoms with Gasteiger partial charge in [-0.1, -0.05) is 26.7 Å². The molecule has 0 saturated heterocycles. The standard InChI is InChI=1S/C12H21N3O/c1-3-5-7-13-11-9-12(15-10-14-11)16-8-6-4-2/h9-10H,3-8H2,1-2H3,(H,13,14,15). The summed E-state index contributed by atoms with van der Waals surface area (Å²) in [5.41, 5.74) is 0. The molecule has 0 atom stereocenters. The minimum absolute atomic E-state index is 0.655. The number of ether oxygens (including phenoxy) is 1. The molecule has 0 spiro atoms. The Morgan fingerprint density at radius 3 is 2.75 bits per heavy atom. The Kier molecular flexibility index (Phi) is 6.30. The molecule has 1 heterocycles. The number of rotatable bonds is 8. The largest absolute Gasteiger partial charge is 0.478 e. The van der Waals surface area contributed by atoms with Crippen molar-refractivity contribution in [3.05, 3.63) is 12.4 Å². The molecule has 0 aromatic carbocycles. The van der Waals surface area contributed by atoms with Crippen molar-refractivity contribution in [1.82, 2.24) is 9.97 Å². The molecule has 0 fully saturated rings. The van der Waals surface area contributed by atoms with E-state index < -0.39 is 0 Å². The summed E-state index contributed by atoms with van der Waals surface area (Å²) >= 11 is 0. The summed E-state index contributed by atoms with van der Waals surface area (Å²) in [4.78, 5) is 8.20. The maximum Gasteiger partial charge on any atom is 0.218 e. The number of anilines is 1. The highest BCUT2D eigenvalue weighted by Crippen LogP contribution is 2.11. The van der Waals surface area contributed by atoms with Crippen molar-refractivity contribution in [1.29, 1.82) is 0 Å². The molecule has 0 aliphatic rings. The van der Waals surface area contributed by atoms with Crippen molar-refractivity contribution in [2.24, 2.45) is 0 Å². The van der Waals surface area contributed by atoms with Crippen LogP contribution in [0.2, 0.25) is 0 Å². The van der Waals surface area contributed by atoms with Crippen LogP contribution in [-0.2, 0) is 0 Å². The van der Waals surface area contributed by atoms with E-state index in [9.17, 15) is 0 Å². The van der Waals surface area contributed by atoms with Gasteiger partial charge in [0, 0.05) is 12.6 Å². The Labute approximate surface area is 97.5 Å². The Hall–Kier alpha value is -1.32. The summed E-state index contributed by atoms with van der Waals surface area (Å²) in [5, 5.41) is 3.25. The molecule has 1 N–H and O–H groups in total. The van der Waals surface area contributed by atoms with Gasteiger partial charge in [-0.05, 0) is 12.8 Å². The van der Waals surface area contributed by atoms with Crippen molar-refractivity contribution in [2.45, 2.75) is 39.5 Å². The third-order valence-electron chi connectivity index (χ3n) is 2.23. The fourth-order valence-corrected chi connectivity index (χ4v) is 1.23. The van der Waals surface area contributed by atoms with Gasteiger partial charge in [-0.15, -0.1) is 0 Å². The zero-order valence-electron chi connectivity index (χ0n) is 10.2. The van der Waals surface area contributed by atoms with Crippen molar-refractivity contribution < 1.29 is 4.74 Å². The normalized spacial score (nSPS) is 10.1. The number of hydrogen-bond donors (Lipinski definition) is 1. The van der Waals surface area contributed by atoms with Gasteiger partial charge in [-0.25, -0.2) is 9.97 Å². The summed E-state index contributed by atoms with van der Waals surface area (Å²) < 4.78 is 5.50. The SMILES string of the molecule is CCCCNc1cc(OCCCC)ncn1. The minimum Gasteiger partial charge on any atom is -0.478 e. The highest BCUT2D eigenvalue weighted by Gasteiger charge is 1.98. The summed E-state index contributed by atoms with van der Waals surface area (Å²) in [5.74, 6) is 1.50. The maximum absolute atomic E-state index is 5.50. The fraction of sp³-hybridized carbons (Fsp3) is 0.667. The molecular formula is C12H21N3O. The second-order valence-corrected chi connectivity index (χ2v) is 3.72. The first-order valence-corrected chi connectivity index (χ1v) is 6.05. The molecule has 4 nitrogen and oxygen atoms in total. The van der Waals surface area contributed by atoms with E-state index in [1.54, 1.807) is 0 Å². The first-order valence-electron chi connectivity index (χ1n) is 6.05. The van der Waals surface area contributed by atoms with Crippen molar-refractivity contribution in [3.63, 3.8) is 0 Å². The van der Waals surface area contributed by atoms with E-state index in [0.717, 1.165) is 38.2 Å². The predicted octanol–water partition coefficient (Wildman–Crippen LogP) is 2.87. The fourth-order valence-electron chi connectivity index (χ4n) is 1.23. The second kappa shape index (κ2) is 7.91. The van der Waals surface area contributed by atoms with Gasteiger partial charge in [0.25, 0.3) is 0 Å². The van der Waals surface area contributed by atoms with Crippen LogP contribution in [0.25, 0.3) is 0 Å².